The lowest BCUT2D eigenvalue weighted by atomic mass is 9.99. The van der Waals surface area contributed by atoms with Gasteiger partial charge in [0.1, 0.15) is 0 Å². The van der Waals surface area contributed by atoms with E-state index in [9.17, 15) is 13.5 Å². The first-order chi connectivity index (χ1) is 12.0. The summed E-state index contributed by atoms with van der Waals surface area (Å²) < 4.78 is 28.0. The van der Waals surface area contributed by atoms with Gasteiger partial charge in [-0.1, -0.05) is 24.3 Å². The number of hydrogen-bond acceptors (Lipinski definition) is 3. The van der Waals surface area contributed by atoms with Crippen LogP contribution in [0.5, 0.6) is 0 Å². The normalized spacial score (nSPS) is 16.6. The molecule has 4 rings (SSSR count). The Morgan fingerprint density at radius 2 is 1.56 bits per heavy atom. The Kier molecular flexibility index (Phi) is 4.00. The molecule has 0 atom stereocenters. The molecule has 0 fully saturated rings. The maximum absolute atomic E-state index is 12.3. The molecule has 0 heterocycles. The molecule has 130 valence electrons. The Hall–Kier alpha value is -2.34. The van der Waals surface area contributed by atoms with E-state index in [1.807, 2.05) is 0 Å². The van der Waals surface area contributed by atoms with Crippen molar-refractivity contribution >= 4 is 21.7 Å². The summed E-state index contributed by atoms with van der Waals surface area (Å²) >= 11 is 0. The van der Waals surface area contributed by atoms with E-state index in [0.717, 1.165) is 55.3 Å². The largest absolute Gasteiger partial charge is 0.845 e. The number of benzene rings is 2. The van der Waals surface area contributed by atoms with Gasteiger partial charge in [0.15, 0.2) is 0 Å². The molecule has 0 aliphatic heterocycles. The lowest BCUT2D eigenvalue weighted by molar-refractivity contribution is -0.213. The summed E-state index contributed by atoms with van der Waals surface area (Å²) in [6.07, 6.45) is 6.02. The molecule has 2 aromatic rings. The molecular formula is C19H19N2O3S-. The van der Waals surface area contributed by atoms with Gasteiger partial charge in [-0.05, 0) is 72.9 Å². The summed E-state index contributed by atoms with van der Waals surface area (Å²) in [6, 6.07) is 9.24. The molecule has 6 heteroatoms. The van der Waals surface area contributed by atoms with Crippen LogP contribution < -0.4 is 10.4 Å². The van der Waals surface area contributed by atoms with Crippen molar-refractivity contribution in [1.29, 1.82) is 0 Å². The van der Waals surface area contributed by atoms with E-state index in [2.05, 4.69) is 15.8 Å². The van der Waals surface area contributed by atoms with Crippen LogP contribution in [0.1, 0.15) is 35.1 Å². The van der Waals surface area contributed by atoms with Gasteiger partial charge in [-0.15, -0.1) is 0 Å². The van der Waals surface area contributed by atoms with E-state index in [1.54, 1.807) is 18.2 Å². The van der Waals surface area contributed by atoms with Crippen molar-refractivity contribution < 1.29 is 13.5 Å². The van der Waals surface area contributed by atoms with Crippen LogP contribution in [0.15, 0.2) is 45.7 Å². The first kappa shape index (κ1) is 16.1. The molecule has 25 heavy (non-hydrogen) atoms. The van der Waals surface area contributed by atoms with Crippen LogP contribution in [-0.2, 0) is 35.7 Å². The molecule has 0 unspecified atom stereocenters. The summed E-state index contributed by atoms with van der Waals surface area (Å²) in [5.41, 5.74) is 5.67. The predicted octanol–water partition coefficient (Wildman–Crippen LogP) is 2.18. The van der Waals surface area contributed by atoms with Crippen molar-refractivity contribution in [3.8, 4) is 0 Å². The van der Waals surface area contributed by atoms with Crippen LogP contribution in [0.25, 0.3) is 0 Å². The quantitative estimate of drug-likeness (QED) is 0.676. The van der Waals surface area contributed by atoms with Crippen LogP contribution in [0.4, 0.5) is 5.69 Å². The van der Waals surface area contributed by atoms with Crippen LogP contribution in [-0.4, -0.2) is 14.4 Å². The van der Waals surface area contributed by atoms with Crippen molar-refractivity contribution in [2.75, 3.05) is 5.32 Å². The highest BCUT2D eigenvalue weighted by molar-refractivity contribution is 7.90. The number of nitrogens with one attached hydrogen (secondary N) is 1. The zero-order valence-corrected chi connectivity index (χ0v) is 14.6. The number of hydrogen-bond donors (Lipinski definition) is 1. The van der Waals surface area contributed by atoms with Crippen LogP contribution in [0, 0.1) is 0 Å². The van der Waals surface area contributed by atoms with E-state index >= 15 is 0 Å². The van der Waals surface area contributed by atoms with Crippen LogP contribution in [0.3, 0.4) is 0 Å². The molecule has 2 aromatic carbocycles. The molecular weight excluding hydrogens is 336 g/mol. The standard InChI is InChI=1S/C19H20N2O3S/c22-19(21-25(23,24)15-8-2-1-3-9-15)20-18-16-10-4-6-13(16)12-14-7-5-11-17(14)18/h1-3,8-9,12H,4-7,10-11H2,(H2,20,21,22)/p-1. The third-order valence-electron chi connectivity index (χ3n) is 4.95. The van der Waals surface area contributed by atoms with Crippen molar-refractivity contribution in [1.82, 2.24) is 0 Å². The smallest absolute Gasteiger partial charge is 0.283 e. The van der Waals surface area contributed by atoms with Gasteiger partial charge in [0.25, 0.3) is 10.0 Å². The first-order valence-corrected chi connectivity index (χ1v) is 9.99. The average Bonchev–Trinajstić information content (AvgIpc) is 3.24. The number of nitrogens with zero attached hydrogens (tertiary/aromatic N) is 1. The predicted molar refractivity (Wildman–Crippen MR) is 95.2 cm³/mol. The fourth-order valence-electron chi connectivity index (χ4n) is 3.85. The Morgan fingerprint density at radius 3 is 2.16 bits per heavy atom. The number of amidine groups is 1. The van der Waals surface area contributed by atoms with Gasteiger partial charge in [-0.3, -0.25) is 0 Å². The van der Waals surface area contributed by atoms with E-state index < -0.39 is 16.0 Å². The maximum atomic E-state index is 12.3. The Morgan fingerprint density at radius 1 is 0.960 bits per heavy atom. The maximum Gasteiger partial charge on any atom is 0.283 e. The van der Waals surface area contributed by atoms with Gasteiger partial charge < -0.3 is 10.4 Å². The number of aryl methyl sites for hydroxylation is 2. The summed E-state index contributed by atoms with van der Waals surface area (Å²) in [6.45, 7) is 0. The fraction of sp³-hybridized carbons (Fsp3) is 0.316. The molecule has 2 aliphatic carbocycles. The lowest BCUT2D eigenvalue weighted by Gasteiger charge is -2.20. The number of sulfonamides is 1. The third-order valence-corrected chi connectivity index (χ3v) is 6.22. The van der Waals surface area contributed by atoms with E-state index in [-0.39, 0.29) is 4.90 Å². The highest BCUT2D eigenvalue weighted by Crippen LogP contribution is 2.38. The van der Waals surface area contributed by atoms with Gasteiger partial charge in [-0.2, -0.15) is 12.8 Å². The molecule has 1 N–H and O–H groups in total. The van der Waals surface area contributed by atoms with Crippen molar-refractivity contribution in [2.45, 2.75) is 43.4 Å². The van der Waals surface area contributed by atoms with Gasteiger partial charge in [0.2, 0.25) is 0 Å². The van der Waals surface area contributed by atoms with Gasteiger partial charge in [-0.25, -0.2) is 0 Å². The van der Waals surface area contributed by atoms with Crippen LogP contribution >= 0.6 is 0 Å². The highest BCUT2D eigenvalue weighted by atomic mass is 32.2. The number of fused-ring (bicyclic) bond motifs is 2. The van der Waals surface area contributed by atoms with Gasteiger partial charge >= 0.3 is 0 Å². The minimum Gasteiger partial charge on any atom is -0.845 e. The number of rotatable bonds is 3. The topological polar surface area (TPSA) is 81.6 Å². The highest BCUT2D eigenvalue weighted by Gasteiger charge is 2.24. The SMILES string of the molecule is O=S(=O)(/N=C(\[O-])Nc1c2c(cc3c1CCC3)CCC2)c1ccccc1. The second-order valence-corrected chi connectivity index (χ2v) is 8.15. The van der Waals surface area contributed by atoms with E-state index in [1.165, 1.54) is 23.3 Å². The molecule has 0 bridgehead atoms. The molecule has 5 nitrogen and oxygen atoms in total. The van der Waals surface area contributed by atoms with Crippen molar-refractivity contribution in [3.63, 3.8) is 0 Å². The zero-order chi connectivity index (χ0) is 17.4. The molecule has 0 aromatic heterocycles. The summed E-state index contributed by atoms with van der Waals surface area (Å²) in [5, 5.41) is 15.1. The minimum atomic E-state index is -3.99. The molecule has 0 saturated heterocycles. The number of anilines is 1. The van der Waals surface area contributed by atoms with E-state index in [0.29, 0.717) is 0 Å². The first-order valence-electron chi connectivity index (χ1n) is 8.55. The van der Waals surface area contributed by atoms with E-state index in [4.69, 9.17) is 0 Å². The monoisotopic (exact) mass is 355 g/mol. The second kappa shape index (κ2) is 6.19. The van der Waals surface area contributed by atoms with Gasteiger partial charge in [0, 0.05) is 5.69 Å². The summed E-state index contributed by atoms with van der Waals surface area (Å²) in [7, 11) is -3.99. The third kappa shape index (κ3) is 3.02. The summed E-state index contributed by atoms with van der Waals surface area (Å²) in [5.74, 6) is 0. The molecule has 0 saturated carbocycles. The lowest BCUT2D eigenvalue weighted by Crippen LogP contribution is -2.29. The Balaban J connectivity index is 1.69. The average molecular weight is 355 g/mol. The molecule has 2 aliphatic rings. The second-order valence-electron chi connectivity index (χ2n) is 6.54. The Labute approximate surface area is 147 Å². The van der Waals surface area contributed by atoms with Crippen molar-refractivity contribution in [2.24, 2.45) is 4.40 Å². The minimum absolute atomic E-state index is 0.0219. The Bertz CT molecular complexity index is 918. The molecule has 0 radical (unpaired) electrons. The molecule has 0 spiro atoms. The summed E-state index contributed by atoms with van der Waals surface area (Å²) in [4.78, 5) is 0.0219. The zero-order valence-electron chi connectivity index (χ0n) is 13.8. The van der Waals surface area contributed by atoms with Crippen LogP contribution in [0.2, 0.25) is 0 Å². The van der Waals surface area contributed by atoms with Gasteiger partial charge in [0.05, 0.1) is 10.9 Å². The van der Waals surface area contributed by atoms with Crippen molar-refractivity contribution in [3.05, 3.63) is 58.7 Å². The molecule has 0 amide bonds. The fourth-order valence-corrected chi connectivity index (χ4v) is 4.72.